The van der Waals surface area contributed by atoms with Crippen molar-refractivity contribution < 1.29 is 0 Å². The molecule has 144 valence electrons. The molecule has 1 aromatic carbocycles. The average molecular weight is 381 g/mol. The third-order valence-corrected chi connectivity index (χ3v) is 7.62. The lowest BCUT2D eigenvalue weighted by atomic mass is 10.1. The SMILES string of the molecule is CCCCCCCCSC(SCCCCCCCC)c1ccccc1. The monoisotopic (exact) mass is 380 g/mol. The van der Waals surface area contributed by atoms with Gasteiger partial charge in [-0.15, -0.1) is 23.5 Å². The Morgan fingerprint density at radius 3 is 1.52 bits per heavy atom. The van der Waals surface area contributed by atoms with E-state index in [2.05, 4.69) is 67.7 Å². The van der Waals surface area contributed by atoms with Gasteiger partial charge in [-0.2, -0.15) is 0 Å². The van der Waals surface area contributed by atoms with Crippen molar-refractivity contribution in [3.63, 3.8) is 0 Å². The van der Waals surface area contributed by atoms with E-state index in [0.717, 1.165) is 0 Å². The largest absolute Gasteiger partial charge is 0.143 e. The lowest BCUT2D eigenvalue weighted by Crippen LogP contribution is -1.94. The summed E-state index contributed by atoms with van der Waals surface area (Å²) in [5.41, 5.74) is 1.51. The van der Waals surface area contributed by atoms with Crippen LogP contribution in [0.4, 0.5) is 0 Å². The normalized spacial score (nSPS) is 11.3. The van der Waals surface area contributed by atoms with Gasteiger partial charge in [0.15, 0.2) is 0 Å². The van der Waals surface area contributed by atoms with Crippen LogP contribution in [-0.2, 0) is 0 Å². The van der Waals surface area contributed by atoms with Gasteiger partial charge in [0.05, 0.1) is 4.58 Å². The molecule has 0 unspecified atom stereocenters. The van der Waals surface area contributed by atoms with E-state index in [-0.39, 0.29) is 0 Å². The van der Waals surface area contributed by atoms with Gasteiger partial charge in [-0.05, 0) is 29.9 Å². The molecule has 2 heteroatoms. The zero-order valence-electron chi connectivity index (χ0n) is 16.7. The molecular formula is C23H40S2. The van der Waals surface area contributed by atoms with E-state index in [1.54, 1.807) is 0 Å². The van der Waals surface area contributed by atoms with Gasteiger partial charge in [-0.1, -0.05) is 108 Å². The van der Waals surface area contributed by atoms with Crippen molar-refractivity contribution >= 4 is 23.5 Å². The summed E-state index contributed by atoms with van der Waals surface area (Å²) in [4.78, 5) is 0. The number of hydrogen-bond acceptors (Lipinski definition) is 2. The Morgan fingerprint density at radius 2 is 1.04 bits per heavy atom. The standard InChI is InChI=1S/C23H40S2/c1-3-5-7-9-11-16-20-24-23(22-18-14-13-15-19-22)25-21-17-12-10-8-6-4-2/h13-15,18-19,23H,3-12,16-17,20-21H2,1-2H3. The van der Waals surface area contributed by atoms with E-state index in [1.807, 2.05) is 0 Å². The lowest BCUT2D eigenvalue weighted by molar-refractivity contribution is 0.626. The molecule has 0 heterocycles. The Bertz CT molecular complexity index is 359. The maximum Gasteiger partial charge on any atom is 0.0751 e. The zero-order valence-corrected chi connectivity index (χ0v) is 18.3. The maximum atomic E-state index is 2.31. The molecule has 1 rings (SSSR count). The number of benzene rings is 1. The van der Waals surface area contributed by atoms with Crippen molar-refractivity contribution in [3.8, 4) is 0 Å². The fraction of sp³-hybridized carbons (Fsp3) is 0.739. The molecule has 0 radical (unpaired) electrons. The summed E-state index contributed by atoms with van der Waals surface area (Å²) in [6.45, 7) is 4.59. The van der Waals surface area contributed by atoms with Gasteiger partial charge in [0.2, 0.25) is 0 Å². The van der Waals surface area contributed by atoms with Gasteiger partial charge in [0.25, 0.3) is 0 Å². The van der Waals surface area contributed by atoms with E-state index in [4.69, 9.17) is 0 Å². The van der Waals surface area contributed by atoms with Gasteiger partial charge >= 0.3 is 0 Å². The van der Waals surface area contributed by atoms with Crippen LogP contribution in [0.2, 0.25) is 0 Å². The number of thioether (sulfide) groups is 2. The third kappa shape index (κ3) is 12.8. The first-order valence-electron chi connectivity index (χ1n) is 10.7. The molecule has 0 nitrogen and oxygen atoms in total. The minimum atomic E-state index is 0.632. The van der Waals surface area contributed by atoms with Crippen LogP contribution in [0.15, 0.2) is 30.3 Å². The molecule has 0 amide bonds. The molecule has 1 aromatic rings. The van der Waals surface area contributed by atoms with Crippen LogP contribution < -0.4 is 0 Å². The van der Waals surface area contributed by atoms with E-state index in [0.29, 0.717) is 4.58 Å². The van der Waals surface area contributed by atoms with Gasteiger partial charge in [-0.3, -0.25) is 0 Å². The van der Waals surface area contributed by atoms with Gasteiger partial charge < -0.3 is 0 Å². The highest BCUT2D eigenvalue weighted by Gasteiger charge is 2.11. The molecular weight excluding hydrogens is 340 g/mol. The maximum absolute atomic E-state index is 2.31. The molecule has 0 fully saturated rings. The summed E-state index contributed by atoms with van der Waals surface area (Å²) in [6, 6.07) is 11.1. The Hall–Kier alpha value is -0.0800. The lowest BCUT2D eigenvalue weighted by Gasteiger charge is -2.17. The molecule has 25 heavy (non-hydrogen) atoms. The minimum Gasteiger partial charge on any atom is -0.143 e. The van der Waals surface area contributed by atoms with Crippen LogP contribution in [0, 0.1) is 0 Å². The summed E-state index contributed by atoms with van der Waals surface area (Å²) in [5, 5.41) is 0. The Labute approximate surface area is 166 Å². The molecule has 0 aromatic heterocycles. The first kappa shape index (κ1) is 23.0. The summed E-state index contributed by atoms with van der Waals surface area (Å²) >= 11 is 4.35. The van der Waals surface area contributed by atoms with Crippen molar-refractivity contribution in [1.29, 1.82) is 0 Å². The summed E-state index contributed by atoms with van der Waals surface area (Å²) in [6.07, 6.45) is 16.8. The Balaban J connectivity index is 2.21. The zero-order chi connectivity index (χ0) is 18.0. The fourth-order valence-electron chi connectivity index (χ4n) is 3.00. The highest BCUT2D eigenvalue weighted by Crippen LogP contribution is 2.40. The molecule has 0 saturated heterocycles. The average Bonchev–Trinajstić information content (AvgIpc) is 2.65. The van der Waals surface area contributed by atoms with Crippen LogP contribution >= 0.6 is 23.5 Å². The predicted molar refractivity (Wildman–Crippen MR) is 121 cm³/mol. The topological polar surface area (TPSA) is 0 Å². The Morgan fingerprint density at radius 1 is 0.600 bits per heavy atom. The second-order valence-electron chi connectivity index (χ2n) is 7.02. The van der Waals surface area contributed by atoms with Crippen LogP contribution in [0.1, 0.15) is 101 Å². The number of unbranched alkanes of at least 4 members (excludes halogenated alkanes) is 10. The van der Waals surface area contributed by atoms with E-state index >= 15 is 0 Å². The molecule has 0 aliphatic carbocycles. The van der Waals surface area contributed by atoms with Crippen molar-refractivity contribution in [2.75, 3.05) is 11.5 Å². The van der Waals surface area contributed by atoms with E-state index < -0.39 is 0 Å². The summed E-state index contributed by atoms with van der Waals surface area (Å²) in [5.74, 6) is 2.63. The summed E-state index contributed by atoms with van der Waals surface area (Å²) < 4.78 is 0.632. The number of hydrogen-bond donors (Lipinski definition) is 0. The van der Waals surface area contributed by atoms with Gasteiger partial charge in [-0.25, -0.2) is 0 Å². The summed E-state index contributed by atoms with van der Waals surface area (Å²) in [7, 11) is 0. The van der Waals surface area contributed by atoms with Crippen molar-refractivity contribution in [2.24, 2.45) is 0 Å². The molecule has 0 saturated carbocycles. The van der Waals surface area contributed by atoms with E-state index in [9.17, 15) is 0 Å². The highest BCUT2D eigenvalue weighted by atomic mass is 32.2. The molecule has 0 bridgehead atoms. The molecule has 0 aliphatic heterocycles. The fourth-order valence-corrected chi connectivity index (χ4v) is 5.83. The molecule has 0 N–H and O–H groups in total. The third-order valence-electron chi connectivity index (χ3n) is 4.61. The van der Waals surface area contributed by atoms with Crippen molar-refractivity contribution in [2.45, 2.75) is 95.5 Å². The van der Waals surface area contributed by atoms with E-state index in [1.165, 1.54) is 94.1 Å². The van der Waals surface area contributed by atoms with Crippen LogP contribution in [-0.4, -0.2) is 11.5 Å². The smallest absolute Gasteiger partial charge is 0.0751 e. The predicted octanol–water partition coefficient (Wildman–Crippen LogP) is 8.87. The first-order valence-corrected chi connectivity index (χ1v) is 12.8. The van der Waals surface area contributed by atoms with Gasteiger partial charge in [0.1, 0.15) is 0 Å². The van der Waals surface area contributed by atoms with Crippen LogP contribution in [0.25, 0.3) is 0 Å². The molecule has 0 aliphatic rings. The van der Waals surface area contributed by atoms with Crippen molar-refractivity contribution in [1.82, 2.24) is 0 Å². The minimum absolute atomic E-state index is 0.632. The molecule has 0 atom stereocenters. The highest BCUT2D eigenvalue weighted by molar-refractivity contribution is 8.16. The quantitative estimate of drug-likeness (QED) is 0.195. The van der Waals surface area contributed by atoms with Crippen LogP contribution in [0.5, 0.6) is 0 Å². The second kappa shape index (κ2) is 17.3. The number of rotatable bonds is 17. The first-order chi connectivity index (χ1) is 12.4. The Kier molecular flexibility index (Phi) is 15.9. The van der Waals surface area contributed by atoms with Gasteiger partial charge in [0, 0.05) is 0 Å². The van der Waals surface area contributed by atoms with Crippen molar-refractivity contribution in [3.05, 3.63) is 35.9 Å². The molecule has 0 spiro atoms. The second-order valence-corrected chi connectivity index (χ2v) is 9.74. The van der Waals surface area contributed by atoms with Crippen LogP contribution in [0.3, 0.4) is 0 Å².